The van der Waals surface area contributed by atoms with Gasteiger partial charge in [0, 0.05) is 0 Å². The van der Waals surface area contributed by atoms with E-state index in [1.807, 2.05) is 0 Å². The van der Waals surface area contributed by atoms with Crippen LogP contribution in [0.15, 0.2) is 77.0 Å². The molecule has 0 bridgehead atoms. The number of benzene rings is 3. The third-order valence-electron chi connectivity index (χ3n) is 5.81. The van der Waals surface area contributed by atoms with Crippen LogP contribution in [0.2, 0.25) is 13.1 Å². The smallest absolute Gasteiger partial charge is 0.0776 e. The van der Waals surface area contributed by atoms with Gasteiger partial charge in [0.15, 0.2) is 0 Å². The Bertz CT molecular complexity index is 965. The van der Waals surface area contributed by atoms with Gasteiger partial charge in [-0.2, -0.15) is 0 Å². The molecule has 0 aromatic heterocycles. The predicted octanol–water partition coefficient (Wildman–Crippen LogP) is 6.11. The maximum atomic E-state index is 2.53. The Labute approximate surface area is 145 Å². The molecule has 0 nitrogen and oxygen atoms in total. The molecule has 0 spiro atoms. The van der Waals surface area contributed by atoms with Crippen molar-refractivity contribution in [2.75, 3.05) is 0 Å². The molecule has 0 unspecified atom stereocenters. The minimum Gasteiger partial charge on any atom is -0.0776 e. The van der Waals surface area contributed by atoms with Gasteiger partial charge in [-0.25, -0.2) is 0 Å². The predicted molar refractivity (Wildman–Crippen MR) is 110 cm³/mol. The monoisotopic (exact) mass is 328 g/mol. The van der Waals surface area contributed by atoms with E-state index in [9.17, 15) is 0 Å². The van der Waals surface area contributed by atoms with E-state index in [1.54, 1.807) is 10.4 Å². The SMILES string of the molecule is CC1=CCC([Si](C)(C)c2c3ccccc3cc3ccccc23)=C1C. The van der Waals surface area contributed by atoms with Gasteiger partial charge < -0.3 is 0 Å². The van der Waals surface area contributed by atoms with Gasteiger partial charge in [-0.15, -0.1) is 0 Å². The van der Waals surface area contributed by atoms with Crippen molar-refractivity contribution in [3.63, 3.8) is 0 Å². The van der Waals surface area contributed by atoms with E-state index in [0.29, 0.717) is 0 Å². The summed E-state index contributed by atoms with van der Waals surface area (Å²) in [6, 6.07) is 20.2. The van der Waals surface area contributed by atoms with Crippen LogP contribution >= 0.6 is 0 Å². The van der Waals surface area contributed by atoms with Crippen molar-refractivity contribution in [1.29, 1.82) is 0 Å². The molecule has 0 saturated heterocycles. The highest BCUT2D eigenvalue weighted by Crippen LogP contribution is 2.35. The quantitative estimate of drug-likeness (QED) is 0.393. The fourth-order valence-electron chi connectivity index (χ4n) is 4.36. The fraction of sp³-hybridized carbons (Fsp3) is 0.217. The molecule has 120 valence electrons. The molecule has 0 radical (unpaired) electrons. The molecule has 1 aliphatic rings. The summed E-state index contributed by atoms with van der Waals surface area (Å²) in [6.45, 7) is 9.64. The minimum absolute atomic E-state index is 1.13. The molecular weight excluding hydrogens is 304 g/mol. The normalized spacial score (nSPS) is 15.4. The molecule has 0 saturated carbocycles. The number of hydrogen-bond acceptors (Lipinski definition) is 0. The average Bonchev–Trinajstić information content (AvgIpc) is 2.92. The van der Waals surface area contributed by atoms with Gasteiger partial charge in [0.25, 0.3) is 0 Å². The summed E-state index contributed by atoms with van der Waals surface area (Å²) in [7, 11) is -1.75. The Morgan fingerprint density at radius 2 is 1.33 bits per heavy atom. The van der Waals surface area contributed by atoms with Crippen molar-refractivity contribution in [1.82, 2.24) is 0 Å². The molecule has 0 heterocycles. The third kappa shape index (κ3) is 2.19. The van der Waals surface area contributed by atoms with Crippen LogP contribution in [0.1, 0.15) is 20.3 Å². The van der Waals surface area contributed by atoms with E-state index in [1.165, 1.54) is 32.7 Å². The molecule has 1 heteroatoms. The highest BCUT2D eigenvalue weighted by atomic mass is 28.3. The Morgan fingerprint density at radius 3 is 1.83 bits per heavy atom. The highest BCUT2D eigenvalue weighted by Gasteiger charge is 2.34. The second-order valence-corrected chi connectivity index (χ2v) is 11.9. The molecule has 4 rings (SSSR count). The summed E-state index contributed by atoms with van der Waals surface area (Å²) in [6.07, 6.45) is 3.54. The number of rotatable bonds is 2. The first-order valence-electron chi connectivity index (χ1n) is 8.78. The Balaban J connectivity index is 2.11. The minimum atomic E-state index is -1.75. The lowest BCUT2D eigenvalue weighted by Crippen LogP contribution is -2.45. The van der Waals surface area contributed by atoms with Crippen molar-refractivity contribution in [3.05, 3.63) is 77.0 Å². The highest BCUT2D eigenvalue weighted by molar-refractivity contribution is 6.98. The number of fused-ring (bicyclic) bond motifs is 2. The van der Waals surface area contributed by atoms with E-state index >= 15 is 0 Å². The summed E-state index contributed by atoms with van der Waals surface area (Å²) >= 11 is 0. The Kier molecular flexibility index (Phi) is 3.50. The third-order valence-corrected chi connectivity index (χ3v) is 9.68. The molecule has 0 N–H and O–H groups in total. The van der Waals surface area contributed by atoms with Crippen molar-refractivity contribution < 1.29 is 0 Å². The van der Waals surface area contributed by atoms with Gasteiger partial charge in [0.05, 0.1) is 0 Å². The first kappa shape index (κ1) is 15.4. The van der Waals surface area contributed by atoms with E-state index in [-0.39, 0.29) is 0 Å². The zero-order valence-electron chi connectivity index (χ0n) is 15.0. The Morgan fingerprint density at radius 1 is 0.792 bits per heavy atom. The Hall–Kier alpha value is -2.12. The second kappa shape index (κ2) is 5.46. The molecule has 3 aromatic carbocycles. The van der Waals surface area contributed by atoms with Crippen LogP contribution in [-0.4, -0.2) is 8.07 Å². The van der Waals surface area contributed by atoms with Crippen LogP contribution < -0.4 is 5.19 Å². The molecule has 3 aromatic rings. The maximum absolute atomic E-state index is 2.53. The molecule has 24 heavy (non-hydrogen) atoms. The first-order chi connectivity index (χ1) is 11.5. The van der Waals surface area contributed by atoms with Gasteiger partial charge in [-0.1, -0.05) is 84.0 Å². The zero-order valence-corrected chi connectivity index (χ0v) is 16.0. The second-order valence-electron chi connectivity index (χ2n) is 7.51. The summed E-state index contributed by atoms with van der Waals surface area (Å²) in [5.74, 6) is 0. The standard InChI is InChI=1S/C23H24Si/c1-16-13-14-22(17(16)2)24(3,4)23-20-11-7-5-9-18(20)15-19-10-6-8-12-21(19)23/h5-13,15H,14H2,1-4H3. The molecule has 0 fully saturated rings. The maximum Gasteiger partial charge on any atom is 0.109 e. The lowest BCUT2D eigenvalue weighted by atomic mass is 10.0. The van der Waals surface area contributed by atoms with E-state index < -0.39 is 8.07 Å². The summed E-state index contributed by atoms with van der Waals surface area (Å²) in [5, 5.41) is 8.92. The van der Waals surface area contributed by atoms with Crippen molar-refractivity contribution in [2.24, 2.45) is 0 Å². The lowest BCUT2D eigenvalue weighted by molar-refractivity contribution is 1.33. The molecule has 1 aliphatic carbocycles. The molecule has 0 atom stereocenters. The van der Waals surface area contributed by atoms with E-state index in [4.69, 9.17) is 0 Å². The number of hydrogen-bond donors (Lipinski definition) is 0. The van der Waals surface area contributed by atoms with Gasteiger partial charge >= 0.3 is 0 Å². The molecule has 0 aliphatic heterocycles. The van der Waals surface area contributed by atoms with Crippen LogP contribution in [0.3, 0.4) is 0 Å². The number of allylic oxidation sites excluding steroid dienone is 4. The van der Waals surface area contributed by atoms with E-state index in [0.717, 1.165) is 6.42 Å². The van der Waals surface area contributed by atoms with Gasteiger partial charge in [0.2, 0.25) is 0 Å². The summed E-state index contributed by atoms with van der Waals surface area (Å²) in [4.78, 5) is 0. The van der Waals surface area contributed by atoms with Gasteiger partial charge in [-0.05, 0) is 53.1 Å². The molecular formula is C23H24Si. The topological polar surface area (TPSA) is 0 Å². The van der Waals surface area contributed by atoms with Crippen LogP contribution in [0.5, 0.6) is 0 Å². The summed E-state index contributed by atoms with van der Waals surface area (Å²) in [5.41, 5.74) is 3.00. The fourth-order valence-corrected chi connectivity index (χ4v) is 8.21. The largest absolute Gasteiger partial charge is 0.109 e. The zero-order chi connectivity index (χ0) is 16.9. The van der Waals surface area contributed by atoms with E-state index in [2.05, 4.69) is 87.6 Å². The van der Waals surface area contributed by atoms with Crippen LogP contribution in [-0.2, 0) is 0 Å². The average molecular weight is 329 g/mol. The first-order valence-corrected chi connectivity index (χ1v) is 11.8. The van der Waals surface area contributed by atoms with Gasteiger partial charge in [0.1, 0.15) is 8.07 Å². The van der Waals surface area contributed by atoms with Crippen LogP contribution in [0.25, 0.3) is 21.5 Å². The van der Waals surface area contributed by atoms with Crippen LogP contribution in [0.4, 0.5) is 0 Å². The van der Waals surface area contributed by atoms with Crippen molar-refractivity contribution in [2.45, 2.75) is 33.4 Å². The van der Waals surface area contributed by atoms with Crippen molar-refractivity contribution >= 4 is 34.8 Å². The van der Waals surface area contributed by atoms with Crippen molar-refractivity contribution in [3.8, 4) is 0 Å². The lowest BCUT2D eigenvalue weighted by Gasteiger charge is -2.29. The van der Waals surface area contributed by atoms with Gasteiger partial charge in [-0.3, -0.25) is 0 Å². The summed E-state index contributed by atoms with van der Waals surface area (Å²) < 4.78 is 0. The molecule has 0 amide bonds. The van der Waals surface area contributed by atoms with Crippen LogP contribution in [0, 0.1) is 0 Å².